The zero-order valence-corrected chi connectivity index (χ0v) is 17.6. The Morgan fingerprint density at radius 3 is 2.45 bits per heavy atom. The van der Waals surface area contributed by atoms with Crippen LogP contribution in [0.25, 0.3) is 0 Å². The predicted molar refractivity (Wildman–Crippen MR) is 117 cm³/mol. The molecule has 2 saturated heterocycles. The lowest BCUT2D eigenvalue weighted by molar-refractivity contribution is 0.00684. The summed E-state index contributed by atoms with van der Waals surface area (Å²) in [6.07, 6.45) is 4.86. The first-order valence-corrected chi connectivity index (χ1v) is 11.1. The molecule has 0 aromatic heterocycles. The molecule has 156 valence electrons. The average Bonchev–Trinajstić information content (AvgIpc) is 2.76. The van der Waals surface area contributed by atoms with Crippen molar-refractivity contribution in [3.63, 3.8) is 0 Å². The molecule has 0 bridgehead atoms. The summed E-state index contributed by atoms with van der Waals surface area (Å²) in [5.41, 5.74) is 1.71. The number of nitrogens with zero attached hydrogens (tertiary/aromatic N) is 2. The molecule has 1 N–H and O–H groups in total. The summed E-state index contributed by atoms with van der Waals surface area (Å²) in [5.74, 6) is -0.159. The lowest BCUT2D eigenvalue weighted by Gasteiger charge is -2.47. The molecular formula is C24H30ClFN2O. The summed E-state index contributed by atoms with van der Waals surface area (Å²) >= 11 is 6.01. The van der Waals surface area contributed by atoms with Gasteiger partial charge in [-0.2, -0.15) is 0 Å². The zero-order valence-electron chi connectivity index (χ0n) is 16.9. The molecule has 0 spiro atoms. The predicted octanol–water partition coefficient (Wildman–Crippen LogP) is 4.77. The number of likely N-dealkylation sites (tertiary alicyclic amines) is 1. The number of anilines is 1. The molecular weight excluding hydrogens is 387 g/mol. The smallest absolute Gasteiger partial charge is 0.126 e. The van der Waals surface area contributed by atoms with E-state index in [1.165, 1.54) is 11.8 Å². The first-order valence-electron chi connectivity index (χ1n) is 10.7. The van der Waals surface area contributed by atoms with Crippen LogP contribution in [0.2, 0.25) is 5.02 Å². The largest absolute Gasteiger partial charge is 0.396 e. The van der Waals surface area contributed by atoms with Crippen LogP contribution in [-0.2, 0) is 6.42 Å². The standard InChI is InChI=1S/C24H30ClFN2O/c25-20-6-8-21(9-7-20)27-14-10-22(11-15-27)28-13-3-12-24(17-28,18-29)16-19-4-1-2-5-23(19)26/h1-2,4-9,22,29H,3,10-18H2. The van der Waals surface area contributed by atoms with E-state index < -0.39 is 0 Å². The normalized spacial score (nSPS) is 24.0. The van der Waals surface area contributed by atoms with Crippen molar-refractivity contribution in [2.24, 2.45) is 5.41 Å². The van der Waals surface area contributed by atoms with Gasteiger partial charge in [0, 0.05) is 41.8 Å². The van der Waals surface area contributed by atoms with Crippen molar-refractivity contribution >= 4 is 17.3 Å². The Morgan fingerprint density at radius 2 is 1.76 bits per heavy atom. The van der Waals surface area contributed by atoms with Crippen molar-refractivity contribution in [3.05, 3.63) is 64.9 Å². The van der Waals surface area contributed by atoms with Crippen LogP contribution >= 0.6 is 11.6 Å². The second kappa shape index (κ2) is 9.03. The van der Waals surface area contributed by atoms with Crippen LogP contribution in [0.3, 0.4) is 0 Å². The monoisotopic (exact) mass is 416 g/mol. The lowest BCUT2D eigenvalue weighted by Crippen LogP contribution is -2.53. The molecule has 2 aromatic rings. The molecule has 1 unspecified atom stereocenters. The fourth-order valence-corrected chi connectivity index (χ4v) is 5.20. The third-order valence-corrected chi connectivity index (χ3v) is 6.97. The summed E-state index contributed by atoms with van der Waals surface area (Å²) in [6.45, 7) is 4.10. The van der Waals surface area contributed by atoms with Gasteiger partial charge in [-0.25, -0.2) is 4.39 Å². The van der Waals surface area contributed by atoms with Gasteiger partial charge in [-0.05, 0) is 74.5 Å². The molecule has 5 heteroatoms. The maximum atomic E-state index is 14.2. The summed E-state index contributed by atoms with van der Waals surface area (Å²) < 4.78 is 14.2. The topological polar surface area (TPSA) is 26.7 Å². The molecule has 1 atom stereocenters. The highest BCUT2D eigenvalue weighted by Gasteiger charge is 2.38. The first-order chi connectivity index (χ1) is 14.1. The number of hydrogen-bond donors (Lipinski definition) is 1. The highest BCUT2D eigenvalue weighted by molar-refractivity contribution is 6.30. The highest BCUT2D eigenvalue weighted by atomic mass is 35.5. The number of hydrogen-bond acceptors (Lipinski definition) is 3. The summed E-state index contributed by atoms with van der Waals surface area (Å²) in [5, 5.41) is 11.0. The minimum atomic E-state index is -0.242. The molecule has 0 aliphatic carbocycles. The Kier molecular flexibility index (Phi) is 6.43. The molecule has 2 aliphatic heterocycles. The number of piperidine rings is 2. The molecule has 3 nitrogen and oxygen atoms in total. The fourth-order valence-electron chi connectivity index (χ4n) is 5.07. The van der Waals surface area contributed by atoms with Gasteiger partial charge < -0.3 is 10.0 Å². The Labute approximate surface area is 178 Å². The van der Waals surface area contributed by atoms with Crippen LogP contribution in [0.1, 0.15) is 31.2 Å². The number of rotatable bonds is 5. The van der Waals surface area contributed by atoms with Gasteiger partial charge >= 0.3 is 0 Å². The lowest BCUT2D eigenvalue weighted by atomic mass is 9.75. The van der Waals surface area contributed by atoms with Crippen molar-refractivity contribution in [3.8, 4) is 0 Å². The summed E-state index contributed by atoms with van der Waals surface area (Å²) in [6, 6.07) is 15.6. The molecule has 0 radical (unpaired) electrons. The SMILES string of the molecule is OCC1(Cc2ccccc2F)CCCN(C2CCN(c3ccc(Cl)cc3)CC2)C1. The van der Waals surface area contributed by atoms with E-state index in [9.17, 15) is 9.50 Å². The maximum absolute atomic E-state index is 14.2. The van der Waals surface area contributed by atoms with E-state index >= 15 is 0 Å². The number of benzene rings is 2. The second-order valence-corrected chi connectivity index (χ2v) is 9.13. The van der Waals surface area contributed by atoms with Crippen molar-refractivity contribution in [1.29, 1.82) is 0 Å². The Balaban J connectivity index is 1.39. The molecule has 2 fully saturated rings. The van der Waals surface area contributed by atoms with Gasteiger partial charge in [0.25, 0.3) is 0 Å². The van der Waals surface area contributed by atoms with Crippen LogP contribution in [0, 0.1) is 11.2 Å². The average molecular weight is 417 g/mol. The second-order valence-electron chi connectivity index (χ2n) is 8.69. The molecule has 4 rings (SSSR count). The first kappa shape index (κ1) is 20.6. The number of halogens is 2. The van der Waals surface area contributed by atoms with Crippen LogP contribution in [0.4, 0.5) is 10.1 Å². The van der Waals surface area contributed by atoms with E-state index in [-0.39, 0.29) is 17.8 Å². The molecule has 2 aliphatic rings. The Morgan fingerprint density at radius 1 is 1.03 bits per heavy atom. The third-order valence-electron chi connectivity index (χ3n) is 6.72. The third kappa shape index (κ3) is 4.76. The molecule has 0 saturated carbocycles. The molecule has 29 heavy (non-hydrogen) atoms. The Bertz CT molecular complexity index is 807. The van der Waals surface area contributed by atoms with Gasteiger partial charge in [-0.3, -0.25) is 4.90 Å². The quantitative estimate of drug-likeness (QED) is 0.760. The van der Waals surface area contributed by atoms with Gasteiger partial charge in [0.1, 0.15) is 5.82 Å². The zero-order chi connectivity index (χ0) is 20.3. The van der Waals surface area contributed by atoms with Crippen LogP contribution < -0.4 is 4.90 Å². The van der Waals surface area contributed by atoms with Gasteiger partial charge in [0.15, 0.2) is 0 Å². The van der Waals surface area contributed by atoms with E-state index in [1.807, 2.05) is 24.3 Å². The van der Waals surface area contributed by atoms with Gasteiger partial charge in [0.05, 0.1) is 6.61 Å². The van der Waals surface area contributed by atoms with Gasteiger partial charge in [-0.1, -0.05) is 29.8 Å². The van der Waals surface area contributed by atoms with E-state index in [1.54, 1.807) is 6.07 Å². The van der Waals surface area contributed by atoms with Crippen LogP contribution in [-0.4, -0.2) is 48.8 Å². The minimum Gasteiger partial charge on any atom is -0.396 e. The maximum Gasteiger partial charge on any atom is 0.126 e. The van der Waals surface area contributed by atoms with E-state index in [4.69, 9.17) is 11.6 Å². The molecule has 2 heterocycles. The minimum absolute atomic E-state index is 0.113. The number of aliphatic hydroxyl groups is 1. The van der Waals surface area contributed by atoms with E-state index in [0.29, 0.717) is 12.5 Å². The molecule has 2 aromatic carbocycles. The van der Waals surface area contributed by atoms with Gasteiger partial charge in [-0.15, -0.1) is 0 Å². The Hall–Kier alpha value is -1.62. The van der Waals surface area contributed by atoms with Gasteiger partial charge in [0.2, 0.25) is 0 Å². The van der Waals surface area contributed by atoms with Crippen molar-refractivity contribution < 1.29 is 9.50 Å². The summed E-state index contributed by atoms with van der Waals surface area (Å²) in [7, 11) is 0. The van der Waals surface area contributed by atoms with Crippen molar-refractivity contribution in [2.45, 2.75) is 38.1 Å². The van der Waals surface area contributed by atoms with Crippen LogP contribution in [0.5, 0.6) is 0 Å². The fraction of sp³-hybridized carbons (Fsp3) is 0.500. The van der Waals surface area contributed by atoms with E-state index in [0.717, 1.165) is 62.4 Å². The van der Waals surface area contributed by atoms with E-state index in [2.05, 4.69) is 21.9 Å². The summed E-state index contributed by atoms with van der Waals surface area (Å²) in [4.78, 5) is 4.98. The highest BCUT2D eigenvalue weighted by Crippen LogP contribution is 2.36. The molecule has 0 amide bonds. The van der Waals surface area contributed by atoms with Crippen LogP contribution in [0.15, 0.2) is 48.5 Å². The van der Waals surface area contributed by atoms with Crippen molar-refractivity contribution in [2.75, 3.05) is 37.7 Å². The van der Waals surface area contributed by atoms with Crippen molar-refractivity contribution in [1.82, 2.24) is 4.90 Å². The number of aliphatic hydroxyl groups excluding tert-OH is 1.